The molecule has 18 heavy (non-hydrogen) atoms. The summed E-state index contributed by atoms with van der Waals surface area (Å²) in [6, 6.07) is 0. The molecule has 0 amide bonds. The van der Waals surface area contributed by atoms with Crippen LogP contribution in [0.5, 0.6) is 0 Å². The summed E-state index contributed by atoms with van der Waals surface area (Å²) in [5.41, 5.74) is 0. The Hall–Kier alpha value is -0.410. The maximum absolute atomic E-state index is 11.5. The van der Waals surface area contributed by atoms with Crippen molar-refractivity contribution >= 4 is 5.78 Å². The number of fused-ring (bicyclic) bond motifs is 1. The molecule has 2 unspecified atom stereocenters. The van der Waals surface area contributed by atoms with Gasteiger partial charge in [-0.15, -0.1) is 0 Å². The lowest BCUT2D eigenvalue weighted by Crippen LogP contribution is -2.10. The van der Waals surface area contributed by atoms with Gasteiger partial charge in [-0.2, -0.15) is 0 Å². The minimum atomic E-state index is 0.245. The van der Waals surface area contributed by atoms with E-state index in [1.165, 1.54) is 25.7 Å². The van der Waals surface area contributed by atoms with E-state index in [1.54, 1.807) is 0 Å². The summed E-state index contributed by atoms with van der Waals surface area (Å²) >= 11 is 0. The van der Waals surface area contributed by atoms with Gasteiger partial charge in [-0.3, -0.25) is 4.79 Å². The Bertz CT molecular complexity index is 252. The normalized spacial score (nSPS) is 32.8. The highest BCUT2D eigenvalue weighted by Crippen LogP contribution is 2.44. The molecule has 0 aromatic heterocycles. The zero-order chi connectivity index (χ0) is 12.6. The van der Waals surface area contributed by atoms with E-state index in [0.717, 1.165) is 50.9 Å². The molecule has 1 saturated carbocycles. The second-order valence-corrected chi connectivity index (χ2v) is 5.70. The van der Waals surface area contributed by atoms with Gasteiger partial charge in [0.25, 0.3) is 0 Å². The first-order chi connectivity index (χ1) is 8.86. The minimum Gasteiger partial charge on any atom is -0.381 e. The monoisotopic (exact) mass is 254 g/mol. The summed E-state index contributed by atoms with van der Waals surface area (Å²) in [6.07, 6.45) is 8.96. The SMILES string of the molecule is O=C1CCCCOCCCCC2CC2CCOC1. The molecular weight excluding hydrogens is 228 g/mol. The van der Waals surface area contributed by atoms with Crippen LogP contribution in [0.15, 0.2) is 0 Å². The lowest BCUT2D eigenvalue weighted by atomic mass is 10.1. The highest BCUT2D eigenvalue weighted by Gasteiger charge is 2.35. The Morgan fingerprint density at radius 1 is 0.833 bits per heavy atom. The van der Waals surface area contributed by atoms with Gasteiger partial charge in [-0.1, -0.05) is 12.8 Å². The molecule has 0 aromatic carbocycles. The van der Waals surface area contributed by atoms with E-state index in [2.05, 4.69) is 0 Å². The number of rotatable bonds is 0. The molecule has 2 rings (SSSR count). The maximum Gasteiger partial charge on any atom is 0.158 e. The van der Waals surface area contributed by atoms with Crippen LogP contribution < -0.4 is 0 Å². The number of carbonyl (C=O) groups excluding carboxylic acids is 1. The third-order valence-corrected chi connectivity index (χ3v) is 4.07. The minimum absolute atomic E-state index is 0.245. The van der Waals surface area contributed by atoms with Crippen LogP contribution in [0, 0.1) is 11.8 Å². The fraction of sp³-hybridized carbons (Fsp3) is 0.933. The topological polar surface area (TPSA) is 35.5 Å². The molecule has 2 aliphatic rings. The fourth-order valence-corrected chi connectivity index (χ4v) is 2.75. The lowest BCUT2D eigenvalue weighted by Gasteiger charge is -2.07. The highest BCUT2D eigenvalue weighted by atomic mass is 16.5. The van der Waals surface area contributed by atoms with Gasteiger partial charge in [0.05, 0.1) is 0 Å². The van der Waals surface area contributed by atoms with E-state index in [4.69, 9.17) is 9.47 Å². The van der Waals surface area contributed by atoms with Gasteiger partial charge in [0, 0.05) is 26.2 Å². The molecule has 1 aliphatic carbocycles. The van der Waals surface area contributed by atoms with Crippen LogP contribution in [-0.4, -0.2) is 32.2 Å². The molecule has 0 radical (unpaired) electrons. The molecule has 0 bridgehead atoms. The summed E-state index contributed by atoms with van der Waals surface area (Å²) in [6.45, 7) is 2.79. The van der Waals surface area contributed by atoms with Crippen molar-refractivity contribution in [3.8, 4) is 0 Å². The second kappa shape index (κ2) is 7.90. The van der Waals surface area contributed by atoms with Gasteiger partial charge in [0.2, 0.25) is 0 Å². The molecule has 0 N–H and O–H groups in total. The lowest BCUT2D eigenvalue weighted by molar-refractivity contribution is -0.123. The van der Waals surface area contributed by atoms with Crippen LogP contribution in [0.25, 0.3) is 0 Å². The summed E-state index contributed by atoms with van der Waals surface area (Å²) in [7, 11) is 0. The third kappa shape index (κ3) is 5.49. The zero-order valence-corrected chi connectivity index (χ0v) is 11.4. The predicted molar refractivity (Wildman–Crippen MR) is 70.6 cm³/mol. The van der Waals surface area contributed by atoms with Crippen molar-refractivity contribution in [2.45, 2.75) is 51.4 Å². The first-order valence-corrected chi connectivity index (χ1v) is 7.53. The standard InChI is InChI=1S/C15H26O3/c16-15-6-2-4-9-17-8-3-1-5-13-11-14(13)7-10-18-12-15/h13-14H,1-12H2. The van der Waals surface area contributed by atoms with Crippen molar-refractivity contribution in [1.82, 2.24) is 0 Å². The van der Waals surface area contributed by atoms with E-state index in [1.807, 2.05) is 0 Å². The van der Waals surface area contributed by atoms with Crippen molar-refractivity contribution in [2.24, 2.45) is 11.8 Å². The van der Waals surface area contributed by atoms with Crippen molar-refractivity contribution in [2.75, 3.05) is 26.4 Å². The van der Waals surface area contributed by atoms with Gasteiger partial charge in [0.1, 0.15) is 6.61 Å². The number of ketones is 1. The van der Waals surface area contributed by atoms with Crippen LogP contribution in [0.4, 0.5) is 0 Å². The van der Waals surface area contributed by atoms with Crippen molar-refractivity contribution in [1.29, 1.82) is 0 Å². The Morgan fingerprint density at radius 3 is 2.50 bits per heavy atom. The van der Waals surface area contributed by atoms with Crippen LogP contribution in [-0.2, 0) is 14.3 Å². The third-order valence-electron chi connectivity index (χ3n) is 4.07. The van der Waals surface area contributed by atoms with Crippen molar-refractivity contribution in [3.63, 3.8) is 0 Å². The van der Waals surface area contributed by atoms with E-state index >= 15 is 0 Å². The average molecular weight is 254 g/mol. The van der Waals surface area contributed by atoms with Crippen LogP contribution in [0.2, 0.25) is 0 Å². The van der Waals surface area contributed by atoms with E-state index in [9.17, 15) is 4.79 Å². The van der Waals surface area contributed by atoms with Crippen molar-refractivity contribution in [3.05, 3.63) is 0 Å². The van der Waals surface area contributed by atoms with Gasteiger partial charge in [-0.25, -0.2) is 0 Å². The molecule has 3 heteroatoms. The molecule has 104 valence electrons. The van der Waals surface area contributed by atoms with Crippen LogP contribution in [0.1, 0.15) is 51.4 Å². The molecule has 3 nitrogen and oxygen atoms in total. The summed E-state index contributed by atoms with van der Waals surface area (Å²) in [4.78, 5) is 11.5. The molecule has 2 atom stereocenters. The molecule has 2 fully saturated rings. The number of hydrogen-bond donors (Lipinski definition) is 0. The van der Waals surface area contributed by atoms with Gasteiger partial charge < -0.3 is 9.47 Å². The largest absolute Gasteiger partial charge is 0.381 e. The summed E-state index contributed by atoms with van der Waals surface area (Å²) in [5, 5.41) is 0. The Morgan fingerprint density at radius 2 is 1.61 bits per heavy atom. The maximum atomic E-state index is 11.5. The van der Waals surface area contributed by atoms with E-state index in [0.29, 0.717) is 13.0 Å². The first kappa shape index (κ1) is 14.0. The fourth-order valence-electron chi connectivity index (χ4n) is 2.75. The second-order valence-electron chi connectivity index (χ2n) is 5.70. The molecule has 1 saturated heterocycles. The molecule has 1 heterocycles. The van der Waals surface area contributed by atoms with Crippen LogP contribution >= 0.6 is 0 Å². The van der Waals surface area contributed by atoms with Gasteiger partial charge in [-0.05, 0) is 43.9 Å². The van der Waals surface area contributed by atoms with Gasteiger partial charge in [0.15, 0.2) is 5.78 Å². The van der Waals surface area contributed by atoms with Gasteiger partial charge >= 0.3 is 0 Å². The number of carbonyl (C=O) groups is 1. The first-order valence-electron chi connectivity index (χ1n) is 7.53. The smallest absolute Gasteiger partial charge is 0.158 e. The highest BCUT2D eigenvalue weighted by molar-refractivity contribution is 5.79. The predicted octanol–water partition coefficient (Wildman–Crippen LogP) is 2.97. The zero-order valence-electron chi connectivity index (χ0n) is 11.4. The summed E-state index contributed by atoms with van der Waals surface area (Å²) < 4.78 is 11.0. The molecular formula is C15H26O3. The van der Waals surface area contributed by atoms with E-state index < -0.39 is 0 Å². The molecule has 1 aliphatic heterocycles. The Labute approximate surface area is 110 Å². The van der Waals surface area contributed by atoms with E-state index in [-0.39, 0.29) is 5.78 Å². The summed E-state index contributed by atoms with van der Waals surface area (Å²) in [5.74, 6) is 2.04. The average Bonchev–Trinajstić information content (AvgIpc) is 3.10. The number of ether oxygens (including phenoxy) is 2. The Balaban J connectivity index is 1.64. The van der Waals surface area contributed by atoms with Crippen LogP contribution in [0.3, 0.4) is 0 Å². The molecule has 0 spiro atoms. The van der Waals surface area contributed by atoms with Crippen molar-refractivity contribution < 1.29 is 14.3 Å². The number of Topliss-reactive ketones (excluding diaryl/α,β-unsaturated/α-hetero) is 1. The number of hydrogen-bond acceptors (Lipinski definition) is 3. The Kier molecular flexibility index (Phi) is 6.15. The molecule has 0 aromatic rings. The quantitative estimate of drug-likeness (QED) is 0.666.